The molecule has 1 amide bonds. The van der Waals surface area contributed by atoms with E-state index in [-0.39, 0.29) is 41.4 Å². The maximum absolute atomic E-state index is 12.5. The van der Waals surface area contributed by atoms with Gasteiger partial charge in [-0.3, -0.25) is 4.79 Å². The van der Waals surface area contributed by atoms with Crippen LogP contribution in [-0.2, 0) is 9.59 Å². The molecule has 1 heterocycles. The van der Waals surface area contributed by atoms with Crippen molar-refractivity contribution in [1.82, 2.24) is 4.98 Å². The molecule has 2 unspecified atom stereocenters. The first-order chi connectivity index (χ1) is 11.4. The maximum Gasteiger partial charge on any atom is 1.00 e. The molecule has 7 heteroatoms. The largest absolute Gasteiger partial charge is 1.00 e. The Kier molecular flexibility index (Phi) is 5.76. The van der Waals surface area contributed by atoms with Crippen molar-refractivity contribution in [2.24, 2.45) is 17.3 Å². The third-order valence-corrected chi connectivity index (χ3v) is 4.98. The number of nitrogens with zero attached hydrogens (tertiary/aromatic N) is 1. The first kappa shape index (κ1) is 19.7. The number of oxazole rings is 1. The van der Waals surface area contributed by atoms with Gasteiger partial charge in [0.15, 0.2) is 0 Å². The predicted octanol–water partition coefficient (Wildman–Crippen LogP) is -0.995. The minimum atomic E-state index is -1.15. The minimum Gasteiger partial charge on any atom is -0.550 e. The van der Waals surface area contributed by atoms with E-state index in [1.807, 2.05) is 13.0 Å². The minimum absolute atomic E-state index is 0. The van der Waals surface area contributed by atoms with Crippen LogP contribution in [0.15, 0.2) is 35.1 Å². The molecule has 1 aromatic carbocycles. The molecular weight excluding hydrogens is 331 g/mol. The summed E-state index contributed by atoms with van der Waals surface area (Å²) in [5.41, 5.74) is 1.16. The van der Waals surface area contributed by atoms with E-state index in [9.17, 15) is 14.7 Å². The monoisotopic (exact) mass is 350 g/mol. The number of rotatable bonds is 5. The fourth-order valence-electron chi connectivity index (χ4n) is 3.28. The second kappa shape index (κ2) is 7.32. The van der Waals surface area contributed by atoms with Crippen LogP contribution in [0.4, 0.5) is 5.69 Å². The molecule has 0 radical (unpaired) electrons. The van der Waals surface area contributed by atoms with Crippen LogP contribution in [0.3, 0.4) is 0 Å². The number of aromatic nitrogens is 1. The first-order valence-corrected chi connectivity index (χ1v) is 7.89. The van der Waals surface area contributed by atoms with Crippen LogP contribution in [0.25, 0.3) is 11.5 Å². The molecule has 2 atom stereocenters. The van der Waals surface area contributed by atoms with Gasteiger partial charge in [-0.15, -0.1) is 0 Å². The zero-order chi connectivity index (χ0) is 17.5. The van der Waals surface area contributed by atoms with Gasteiger partial charge >= 0.3 is 29.6 Å². The van der Waals surface area contributed by atoms with Gasteiger partial charge in [-0.05, 0) is 37.0 Å². The number of nitrogens with one attached hydrogen (secondary N) is 1. The molecule has 25 heavy (non-hydrogen) atoms. The van der Waals surface area contributed by atoms with Gasteiger partial charge < -0.3 is 19.6 Å². The van der Waals surface area contributed by atoms with Crippen molar-refractivity contribution in [3.8, 4) is 11.5 Å². The van der Waals surface area contributed by atoms with Crippen molar-refractivity contribution >= 4 is 17.6 Å². The Hall–Kier alpha value is -1.63. The smallest absolute Gasteiger partial charge is 0.550 e. The zero-order valence-corrected chi connectivity index (χ0v) is 16.8. The molecule has 1 N–H and O–H groups in total. The Bertz CT molecular complexity index is 788. The van der Waals surface area contributed by atoms with Gasteiger partial charge in [-0.1, -0.05) is 19.9 Å². The molecule has 126 valence electrons. The van der Waals surface area contributed by atoms with E-state index in [1.165, 1.54) is 6.26 Å². The Morgan fingerprint density at radius 2 is 2.12 bits per heavy atom. The number of carboxylic acid groups (broad SMARTS) is 1. The van der Waals surface area contributed by atoms with Crippen LogP contribution in [0, 0.1) is 24.2 Å². The van der Waals surface area contributed by atoms with Crippen molar-refractivity contribution in [3.05, 3.63) is 36.2 Å². The summed E-state index contributed by atoms with van der Waals surface area (Å²) in [6, 6.07) is 5.43. The van der Waals surface area contributed by atoms with Gasteiger partial charge in [0, 0.05) is 22.6 Å². The molecule has 0 aliphatic heterocycles. The van der Waals surface area contributed by atoms with E-state index in [4.69, 9.17) is 4.42 Å². The van der Waals surface area contributed by atoms with Gasteiger partial charge in [0.25, 0.3) is 0 Å². The average molecular weight is 350 g/mol. The molecule has 3 rings (SSSR count). The topological polar surface area (TPSA) is 95.3 Å². The quantitative estimate of drug-likeness (QED) is 0.699. The predicted molar refractivity (Wildman–Crippen MR) is 85.7 cm³/mol. The van der Waals surface area contributed by atoms with Crippen LogP contribution >= 0.6 is 0 Å². The van der Waals surface area contributed by atoms with Crippen molar-refractivity contribution in [3.63, 3.8) is 0 Å². The summed E-state index contributed by atoms with van der Waals surface area (Å²) in [6.45, 7) is 5.46. The molecule has 2 aromatic rings. The summed E-state index contributed by atoms with van der Waals surface area (Å²) in [5, 5.41) is 14.3. The number of carbonyl (C=O) groups is 2. The van der Waals surface area contributed by atoms with Crippen molar-refractivity contribution in [2.75, 3.05) is 5.32 Å². The Morgan fingerprint density at radius 1 is 1.40 bits per heavy atom. The van der Waals surface area contributed by atoms with E-state index >= 15 is 0 Å². The molecule has 1 aromatic heterocycles. The third kappa shape index (κ3) is 3.38. The van der Waals surface area contributed by atoms with Crippen molar-refractivity contribution in [1.29, 1.82) is 0 Å². The Balaban J connectivity index is 0.00000225. The fourth-order valence-corrected chi connectivity index (χ4v) is 3.28. The van der Waals surface area contributed by atoms with Crippen molar-refractivity contribution < 1.29 is 48.7 Å². The molecule has 1 saturated carbocycles. The van der Waals surface area contributed by atoms with Gasteiger partial charge in [0.1, 0.15) is 6.26 Å². The normalized spacial score (nSPS) is 21.5. The van der Waals surface area contributed by atoms with E-state index in [2.05, 4.69) is 10.3 Å². The van der Waals surface area contributed by atoms with Crippen LogP contribution < -0.4 is 40.0 Å². The molecule has 0 spiro atoms. The summed E-state index contributed by atoms with van der Waals surface area (Å²) in [5.74, 6) is -1.69. The van der Waals surface area contributed by atoms with E-state index < -0.39 is 17.3 Å². The summed E-state index contributed by atoms with van der Waals surface area (Å²) in [7, 11) is 0. The number of carbonyl (C=O) groups excluding carboxylic acids is 2. The average Bonchev–Trinajstić information content (AvgIpc) is 3.10. The van der Waals surface area contributed by atoms with Crippen LogP contribution in [0.1, 0.15) is 25.8 Å². The molecule has 0 bridgehead atoms. The van der Waals surface area contributed by atoms with Crippen LogP contribution in [0.2, 0.25) is 0 Å². The summed E-state index contributed by atoms with van der Waals surface area (Å²) in [4.78, 5) is 28.1. The Morgan fingerprint density at radius 3 is 2.64 bits per heavy atom. The van der Waals surface area contributed by atoms with Gasteiger partial charge in [-0.2, -0.15) is 0 Å². The first-order valence-electron chi connectivity index (χ1n) is 7.89. The third-order valence-electron chi connectivity index (χ3n) is 4.98. The number of carboxylic acids is 1. The van der Waals surface area contributed by atoms with Crippen LogP contribution in [0.5, 0.6) is 0 Å². The van der Waals surface area contributed by atoms with Gasteiger partial charge in [-0.25, -0.2) is 4.98 Å². The molecule has 6 nitrogen and oxygen atoms in total. The number of anilines is 1. The molecule has 1 fully saturated rings. The fraction of sp³-hybridized carbons (Fsp3) is 0.389. The van der Waals surface area contributed by atoms with Gasteiger partial charge in [0.2, 0.25) is 11.8 Å². The molecule has 1 aliphatic rings. The zero-order valence-electron chi connectivity index (χ0n) is 14.8. The summed E-state index contributed by atoms with van der Waals surface area (Å²) >= 11 is 0. The van der Waals surface area contributed by atoms with Gasteiger partial charge in [0.05, 0.1) is 12.1 Å². The number of amides is 1. The number of hydrogen-bond donors (Lipinski definition) is 1. The number of benzene rings is 1. The van der Waals surface area contributed by atoms with Crippen molar-refractivity contribution in [2.45, 2.75) is 27.2 Å². The summed E-state index contributed by atoms with van der Waals surface area (Å²) in [6.07, 6.45) is 3.36. The number of hydrogen-bond acceptors (Lipinski definition) is 5. The van der Waals surface area contributed by atoms with E-state index in [1.54, 1.807) is 32.2 Å². The van der Waals surface area contributed by atoms with E-state index in [0.717, 1.165) is 11.1 Å². The summed E-state index contributed by atoms with van der Waals surface area (Å²) < 4.78 is 5.31. The maximum atomic E-state index is 12.5. The Labute approximate surface area is 168 Å². The molecule has 1 aliphatic carbocycles. The van der Waals surface area contributed by atoms with E-state index in [0.29, 0.717) is 18.0 Å². The standard InChI is InChI=1S/C18H20N2O4.Na/c1-10(2)18(17(22)23)9-13(18)15(21)20-14-6-4-5-12(11(14)3)16-19-7-8-24-16;/h4-8,10,13H,9H2,1-3H3,(H,20,21)(H,22,23);/q;+1/p-1. The molecule has 0 saturated heterocycles. The van der Waals surface area contributed by atoms with Crippen LogP contribution in [-0.4, -0.2) is 16.9 Å². The number of aliphatic carboxylic acids is 1. The SMILES string of the molecule is Cc1c(NC(=O)C2CC2(C(=O)[O-])C(C)C)cccc1-c1ncco1.[Na+]. The second-order valence-electron chi connectivity index (χ2n) is 6.54. The molecular formula is C18H19N2NaO4. The second-order valence-corrected chi connectivity index (χ2v) is 6.54.